The first-order valence-corrected chi connectivity index (χ1v) is 8.47. The van der Waals surface area contributed by atoms with Crippen LogP contribution in [0.15, 0.2) is 35.0 Å². The Morgan fingerprint density at radius 2 is 2.16 bits per heavy atom. The Balaban J connectivity index is 1.63. The van der Waals surface area contributed by atoms with Crippen molar-refractivity contribution >= 4 is 16.8 Å². The number of fused-ring (bicyclic) bond motifs is 1. The molecule has 0 unspecified atom stereocenters. The van der Waals surface area contributed by atoms with Gasteiger partial charge in [0, 0.05) is 24.8 Å². The maximum atomic E-state index is 12.9. The Bertz CT molecular complexity index is 879. The third-order valence-electron chi connectivity index (χ3n) is 4.67. The van der Waals surface area contributed by atoms with Gasteiger partial charge in [0.25, 0.3) is 5.91 Å². The van der Waals surface area contributed by atoms with Crippen molar-refractivity contribution in [1.29, 1.82) is 0 Å². The van der Waals surface area contributed by atoms with Gasteiger partial charge in [-0.2, -0.15) is 4.98 Å². The van der Waals surface area contributed by atoms with Crippen LogP contribution in [0.2, 0.25) is 0 Å². The molecule has 0 radical (unpaired) electrons. The number of amides is 1. The Kier molecular flexibility index (Phi) is 4.23. The second kappa shape index (κ2) is 6.68. The van der Waals surface area contributed by atoms with Gasteiger partial charge in [-0.05, 0) is 37.8 Å². The summed E-state index contributed by atoms with van der Waals surface area (Å²) in [5.41, 5.74) is 1.43. The Morgan fingerprint density at radius 3 is 2.92 bits per heavy atom. The monoisotopic (exact) mass is 340 g/mol. The third kappa shape index (κ3) is 3.15. The van der Waals surface area contributed by atoms with Crippen LogP contribution in [0, 0.1) is 12.8 Å². The topological polar surface area (TPSA) is 93.0 Å². The molecule has 3 aromatic rings. The average molecular weight is 340 g/mol. The fraction of sp³-hybridized carbons (Fsp3) is 0.389. The van der Waals surface area contributed by atoms with Crippen LogP contribution in [-0.4, -0.2) is 34.2 Å². The van der Waals surface area contributed by atoms with Gasteiger partial charge in [0.1, 0.15) is 6.04 Å². The molecule has 1 amide bonds. The normalized spacial score (nSPS) is 16.8. The maximum Gasteiger partial charge on any atom is 0.254 e. The van der Waals surface area contributed by atoms with Gasteiger partial charge in [0.05, 0.1) is 11.1 Å². The summed E-state index contributed by atoms with van der Waals surface area (Å²) in [6.07, 6.45) is 3.52. The van der Waals surface area contributed by atoms with E-state index in [1.807, 2.05) is 30.5 Å². The molecule has 130 valence electrons. The smallest absolute Gasteiger partial charge is 0.254 e. The number of rotatable bonds is 4. The van der Waals surface area contributed by atoms with Crippen LogP contribution in [0.5, 0.6) is 0 Å². The van der Waals surface area contributed by atoms with E-state index in [0.29, 0.717) is 30.5 Å². The van der Waals surface area contributed by atoms with E-state index in [9.17, 15) is 4.79 Å². The lowest BCUT2D eigenvalue weighted by molar-refractivity contribution is 0.0468. The van der Waals surface area contributed by atoms with Gasteiger partial charge in [0.2, 0.25) is 5.89 Å². The van der Waals surface area contributed by atoms with E-state index in [2.05, 4.69) is 20.4 Å². The van der Waals surface area contributed by atoms with Crippen LogP contribution in [0.25, 0.3) is 10.9 Å². The van der Waals surface area contributed by atoms with E-state index in [4.69, 9.17) is 9.26 Å². The van der Waals surface area contributed by atoms with Gasteiger partial charge < -0.3 is 19.6 Å². The number of benzene rings is 1. The fourth-order valence-corrected chi connectivity index (χ4v) is 3.36. The zero-order valence-electron chi connectivity index (χ0n) is 14.0. The van der Waals surface area contributed by atoms with E-state index < -0.39 is 0 Å². The Morgan fingerprint density at radius 1 is 1.32 bits per heavy atom. The van der Waals surface area contributed by atoms with Gasteiger partial charge in [-0.15, -0.1) is 0 Å². The molecule has 4 rings (SSSR count). The largest absolute Gasteiger partial charge is 0.381 e. The number of aromatic nitrogens is 3. The first-order valence-electron chi connectivity index (χ1n) is 8.47. The number of aromatic amines is 1. The van der Waals surface area contributed by atoms with E-state index in [-0.39, 0.29) is 17.9 Å². The van der Waals surface area contributed by atoms with E-state index >= 15 is 0 Å². The zero-order valence-corrected chi connectivity index (χ0v) is 14.0. The second-order valence-corrected chi connectivity index (χ2v) is 6.33. The van der Waals surface area contributed by atoms with Crippen molar-refractivity contribution in [3.63, 3.8) is 0 Å². The summed E-state index contributed by atoms with van der Waals surface area (Å²) in [6.45, 7) is 3.13. The molecular weight excluding hydrogens is 320 g/mol. The van der Waals surface area contributed by atoms with E-state index in [0.717, 1.165) is 23.7 Å². The lowest BCUT2D eigenvalue weighted by atomic mass is 9.91. The van der Waals surface area contributed by atoms with Crippen LogP contribution in [0.3, 0.4) is 0 Å². The molecule has 2 N–H and O–H groups in total. The van der Waals surface area contributed by atoms with Crippen molar-refractivity contribution in [2.24, 2.45) is 5.92 Å². The van der Waals surface area contributed by atoms with Crippen molar-refractivity contribution in [1.82, 2.24) is 20.4 Å². The standard InChI is InChI=1S/C18H20N4O3/c1-11-20-18(25-22-11)16(13-6-9-24-10-7-13)21-17(23)14-4-2-3-12-5-8-19-15(12)14/h2-5,8,13,16,19H,6-7,9-10H2,1H3,(H,21,23)/t16-/m0/s1. The van der Waals surface area contributed by atoms with Gasteiger partial charge >= 0.3 is 0 Å². The van der Waals surface area contributed by atoms with Crippen LogP contribution < -0.4 is 5.32 Å². The minimum Gasteiger partial charge on any atom is -0.381 e. The number of hydrogen-bond donors (Lipinski definition) is 2. The van der Waals surface area contributed by atoms with Crippen LogP contribution in [0.1, 0.15) is 41.0 Å². The summed E-state index contributed by atoms with van der Waals surface area (Å²) in [5, 5.41) is 7.99. The van der Waals surface area contributed by atoms with Crippen molar-refractivity contribution in [2.75, 3.05) is 13.2 Å². The summed E-state index contributed by atoms with van der Waals surface area (Å²) in [4.78, 5) is 20.4. The van der Waals surface area contributed by atoms with Gasteiger partial charge in [-0.3, -0.25) is 4.79 Å². The maximum absolute atomic E-state index is 12.9. The Labute approximate surface area is 144 Å². The fourth-order valence-electron chi connectivity index (χ4n) is 3.36. The van der Waals surface area contributed by atoms with E-state index in [1.165, 1.54) is 0 Å². The first-order chi connectivity index (χ1) is 12.2. The van der Waals surface area contributed by atoms with Crippen molar-refractivity contribution in [3.8, 4) is 0 Å². The highest BCUT2D eigenvalue weighted by atomic mass is 16.5. The molecular formula is C18H20N4O3. The molecule has 1 aliphatic heterocycles. The number of carbonyl (C=O) groups excluding carboxylic acids is 1. The quantitative estimate of drug-likeness (QED) is 0.762. The van der Waals surface area contributed by atoms with Crippen LogP contribution in [-0.2, 0) is 4.74 Å². The molecule has 0 saturated carbocycles. The summed E-state index contributed by atoms with van der Waals surface area (Å²) in [6, 6.07) is 7.30. The average Bonchev–Trinajstić information content (AvgIpc) is 3.28. The number of H-pyrrole nitrogens is 1. The van der Waals surface area contributed by atoms with Gasteiger partial charge in [-0.1, -0.05) is 17.3 Å². The van der Waals surface area contributed by atoms with Crippen molar-refractivity contribution in [3.05, 3.63) is 47.7 Å². The number of hydrogen-bond acceptors (Lipinski definition) is 5. The number of ether oxygens (including phenoxy) is 1. The molecule has 7 nitrogen and oxygen atoms in total. The third-order valence-corrected chi connectivity index (χ3v) is 4.67. The zero-order chi connectivity index (χ0) is 17.2. The molecule has 1 fully saturated rings. The summed E-state index contributed by atoms with van der Waals surface area (Å²) in [5.74, 6) is 1.07. The highest BCUT2D eigenvalue weighted by Crippen LogP contribution is 2.30. The lowest BCUT2D eigenvalue weighted by Crippen LogP contribution is -2.36. The molecule has 1 saturated heterocycles. The van der Waals surface area contributed by atoms with Gasteiger partial charge in [-0.25, -0.2) is 0 Å². The highest BCUT2D eigenvalue weighted by molar-refractivity contribution is 6.05. The number of carbonyl (C=O) groups is 1. The molecule has 1 aromatic carbocycles. The summed E-state index contributed by atoms with van der Waals surface area (Å²) >= 11 is 0. The number of nitrogens with zero attached hydrogens (tertiary/aromatic N) is 2. The summed E-state index contributed by atoms with van der Waals surface area (Å²) < 4.78 is 10.8. The number of para-hydroxylation sites is 1. The number of aryl methyl sites for hydroxylation is 1. The lowest BCUT2D eigenvalue weighted by Gasteiger charge is -2.28. The highest BCUT2D eigenvalue weighted by Gasteiger charge is 2.31. The second-order valence-electron chi connectivity index (χ2n) is 6.33. The predicted octanol–water partition coefficient (Wildman–Crippen LogP) is 2.76. The molecule has 0 bridgehead atoms. The first kappa shape index (κ1) is 15.8. The molecule has 7 heteroatoms. The minimum absolute atomic E-state index is 0.152. The van der Waals surface area contributed by atoms with Crippen molar-refractivity contribution < 1.29 is 14.1 Å². The molecule has 0 spiro atoms. The molecule has 0 aliphatic carbocycles. The molecule has 1 aliphatic rings. The number of nitrogens with one attached hydrogen (secondary N) is 2. The summed E-state index contributed by atoms with van der Waals surface area (Å²) in [7, 11) is 0. The molecule has 2 aromatic heterocycles. The van der Waals surface area contributed by atoms with E-state index in [1.54, 1.807) is 6.92 Å². The van der Waals surface area contributed by atoms with Gasteiger partial charge in [0.15, 0.2) is 5.82 Å². The predicted molar refractivity (Wildman–Crippen MR) is 91.1 cm³/mol. The molecule has 25 heavy (non-hydrogen) atoms. The Hall–Kier alpha value is -2.67. The minimum atomic E-state index is -0.317. The molecule has 1 atom stereocenters. The van der Waals surface area contributed by atoms with Crippen LogP contribution >= 0.6 is 0 Å². The molecule has 3 heterocycles. The van der Waals surface area contributed by atoms with Crippen LogP contribution in [0.4, 0.5) is 0 Å². The van der Waals surface area contributed by atoms with Crippen molar-refractivity contribution in [2.45, 2.75) is 25.8 Å². The SMILES string of the molecule is Cc1noc([C@@H](NC(=O)c2cccc3cc[nH]c23)C2CCOCC2)n1.